The first kappa shape index (κ1) is 15.0. The number of hydrogen-bond donors (Lipinski definition) is 1. The van der Waals surface area contributed by atoms with E-state index in [2.05, 4.69) is 19.2 Å². The van der Waals surface area contributed by atoms with Gasteiger partial charge in [0.25, 0.3) is 0 Å². The SMILES string of the molecule is CCC1CCCCC1C(=O)CC(C)C1CCCNC1. The molecule has 0 aromatic heterocycles. The van der Waals surface area contributed by atoms with E-state index in [1.54, 1.807) is 0 Å². The summed E-state index contributed by atoms with van der Waals surface area (Å²) in [6, 6.07) is 0. The molecule has 2 fully saturated rings. The van der Waals surface area contributed by atoms with Crippen LogP contribution in [0.1, 0.15) is 65.2 Å². The fourth-order valence-electron chi connectivity index (χ4n) is 4.12. The molecule has 1 saturated heterocycles. The van der Waals surface area contributed by atoms with Crippen molar-refractivity contribution in [2.45, 2.75) is 65.2 Å². The molecule has 2 aliphatic rings. The van der Waals surface area contributed by atoms with Crippen molar-refractivity contribution >= 4 is 5.78 Å². The van der Waals surface area contributed by atoms with E-state index in [1.165, 1.54) is 38.5 Å². The minimum absolute atomic E-state index is 0.387. The lowest BCUT2D eigenvalue weighted by molar-refractivity contribution is -0.127. The molecule has 2 heteroatoms. The highest BCUT2D eigenvalue weighted by atomic mass is 16.1. The zero-order chi connectivity index (χ0) is 13.7. The highest BCUT2D eigenvalue weighted by Gasteiger charge is 2.31. The minimum Gasteiger partial charge on any atom is -0.316 e. The van der Waals surface area contributed by atoms with Crippen LogP contribution in [-0.2, 0) is 4.79 Å². The Kier molecular flexibility index (Phi) is 5.87. The van der Waals surface area contributed by atoms with Gasteiger partial charge in [-0.2, -0.15) is 0 Å². The number of nitrogens with one attached hydrogen (secondary N) is 1. The maximum atomic E-state index is 12.6. The fraction of sp³-hybridized carbons (Fsp3) is 0.941. The van der Waals surface area contributed by atoms with E-state index in [9.17, 15) is 4.79 Å². The van der Waals surface area contributed by atoms with Crippen LogP contribution in [0.3, 0.4) is 0 Å². The topological polar surface area (TPSA) is 29.1 Å². The highest BCUT2D eigenvalue weighted by molar-refractivity contribution is 5.81. The third kappa shape index (κ3) is 4.05. The molecule has 1 saturated carbocycles. The molecule has 0 aromatic carbocycles. The van der Waals surface area contributed by atoms with E-state index in [4.69, 9.17) is 0 Å². The first-order chi connectivity index (χ1) is 9.22. The lowest BCUT2D eigenvalue weighted by Gasteiger charge is -2.32. The van der Waals surface area contributed by atoms with Gasteiger partial charge in [0.05, 0.1) is 0 Å². The van der Waals surface area contributed by atoms with E-state index in [-0.39, 0.29) is 0 Å². The molecule has 110 valence electrons. The van der Waals surface area contributed by atoms with E-state index in [0.717, 1.165) is 31.8 Å². The van der Waals surface area contributed by atoms with Crippen molar-refractivity contribution in [3.63, 3.8) is 0 Å². The summed E-state index contributed by atoms with van der Waals surface area (Å²) in [5, 5.41) is 3.48. The molecule has 2 nitrogen and oxygen atoms in total. The minimum atomic E-state index is 0.387. The summed E-state index contributed by atoms with van der Waals surface area (Å²) < 4.78 is 0. The van der Waals surface area contributed by atoms with Gasteiger partial charge in [-0.25, -0.2) is 0 Å². The van der Waals surface area contributed by atoms with Gasteiger partial charge in [-0.05, 0) is 56.5 Å². The summed E-state index contributed by atoms with van der Waals surface area (Å²) in [6.45, 7) is 6.83. The monoisotopic (exact) mass is 265 g/mol. The predicted molar refractivity (Wildman–Crippen MR) is 80.1 cm³/mol. The van der Waals surface area contributed by atoms with E-state index in [1.807, 2.05) is 0 Å². The summed E-state index contributed by atoms with van der Waals surface area (Å²) >= 11 is 0. The Bertz CT molecular complexity index is 283. The second-order valence-electron chi connectivity index (χ2n) is 6.81. The molecule has 1 aliphatic heterocycles. The number of hydrogen-bond acceptors (Lipinski definition) is 2. The average Bonchev–Trinajstić information content (AvgIpc) is 2.48. The Hall–Kier alpha value is -0.370. The lowest BCUT2D eigenvalue weighted by Crippen LogP contribution is -2.35. The van der Waals surface area contributed by atoms with Crippen molar-refractivity contribution in [1.29, 1.82) is 0 Å². The quantitative estimate of drug-likeness (QED) is 0.819. The third-order valence-electron chi connectivity index (χ3n) is 5.51. The summed E-state index contributed by atoms with van der Waals surface area (Å²) in [4.78, 5) is 12.6. The Labute approximate surface area is 118 Å². The van der Waals surface area contributed by atoms with Gasteiger partial charge >= 0.3 is 0 Å². The zero-order valence-electron chi connectivity index (χ0n) is 12.8. The molecule has 1 heterocycles. The zero-order valence-corrected chi connectivity index (χ0v) is 12.8. The Morgan fingerprint density at radius 3 is 2.68 bits per heavy atom. The standard InChI is InChI=1S/C17H31NO/c1-3-14-7-4-5-9-16(14)17(19)11-13(2)15-8-6-10-18-12-15/h13-16,18H,3-12H2,1-2H3. The van der Waals surface area contributed by atoms with Gasteiger partial charge in [0, 0.05) is 12.3 Å². The van der Waals surface area contributed by atoms with Crippen LogP contribution >= 0.6 is 0 Å². The molecular weight excluding hydrogens is 234 g/mol. The van der Waals surface area contributed by atoms with Crippen LogP contribution in [0.25, 0.3) is 0 Å². The number of carbonyl (C=O) groups is 1. The highest BCUT2D eigenvalue weighted by Crippen LogP contribution is 2.35. The molecule has 4 atom stereocenters. The first-order valence-electron chi connectivity index (χ1n) is 8.45. The molecule has 0 bridgehead atoms. The van der Waals surface area contributed by atoms with Crippen LogP contribution in [-0.4, -0.2) is 18.9 Å². The number of carbonyl (C=O) groups excluding carboxylic acids is 1. The lowest BCUT2D eigenvalue weighted by atomic mass is 9.73. The van der Waals surface area contributed by atoms with Gasteiger partial charge in [-0.1, -0.05) is 33.1 Å². The fourth-order valence-corrected chi connectivity index (χ4v) is 4.12. The molecule has 19 heavy (non-hydrogen) atoms. The Morgan fingerprint density at radius 1 is 1.21 bits per heavy atom. The molecule has 0 radical (unpaired) electrons. The van der Waals surface area contributed by atoms with Gasteiger partial charge in [-0.15, -0.1) is 0 Å². The Morgan fingerprint density at radius 2 is 2.00 bits per heavy atom. The van der Waals surface area contributed by atoms with Crippen molar-refractivity contribution in [2.75, 3.05) is 13.1 Å². The second-order valence-corrected chi connectivity index (χ2v) is 6.81. The molecular formula is C17H31NO. The van der Waals surface area contributed by atoms with Gasteiger partial charge in [0.15, 0.2) is 0 Å². The summed E-state index contributed by atoms with van der Waals surface area (Å²) in [5.41, 5.74) is 0. The molecule has 0 aromatic rings. The maximum Gasteiger partial charge on any atom is 0.136 e. The van der Waals surface area contributed by atoms with Crippen LogP contribution in [0.2, 0.25) is 0 Å². The van der Waals surface area contributed by atoms with Crippen molar-refractivity contribution in [1.82, 2.24) is 5.32 Å². The molecule has 1 N–H and O–H groups in total. The number of piperidine rings is 1. The molecule has 1 aliphatic carbocycles. The summed E-state index contributed by atoms with van der Waals surface area (Å²) in [7, 11) is 0. The van der Waals surface area contributed by atoms with Gasteiger partial charge in [0.1, 0.15) is 5.78 Å². The van der Waals surface area contributed by atoms with Crippen molar-refractivity contribution in [3.05, 3.63) is 0 Å². The van der Waals surface area contributed by atoms with Crippen LogP contribution in [0.15, 0.2) is 0 Å². The predicted octanol–water partition coefficient (Wildman–Crippen LogP) is 3.80. The molecule has 0 spiro atoms. The molecule has 2 rings (SSSR count). The molecule has 4 unspecified atom stereocenters. The third-order valence-corrected chi connectivity index (χ3v) is 5.51. The van der Waals surface area contributed by atoms with Crippen LogP contribution < -0.4 is 5.32 Å². The van der Waals surface area contributed by atoms with Gasteiger partial charge in [0.2, 0.25) is 0 Å². The average molecular weight is 265 g/mol. The summed E-state index contributed by atoms with van der Waals surface area (Å²) in [6.07, 6.45) is 9.66. The van der Waals surface area contributed by atoms with Crippen molar-refractivity contribution in [2.24, 2.45) is 23.7 Å². The second kappa shape index (κ2) is 7.42. The van der Waals surface area contributed by atoms with Crippen molar-refractivity contribution < 1.29 is 4.79 Å². The molecule has 0 amide bonds. The van der Waals surface area contributed by atoms with Gasteiger partial charge in [-0.3, -0.25) is 4.79 Å². The van der Waals surface area contributed by atoms with Crippen molar-refractivity contribution in [3.8, 4) is 0 Å². The number of ketones is 1. The summed E-state index contributed by atoms with van der Waals surface area (Å²) in [5.74, 6) is 2.93. The normalized spacial score (nSPS) is 33.9. The van der Waals surface area contributed by atoms with E-state index in [0.29, 0.717) is 23.5 Å². The van der Waals surface area contributed by atoms with Crippen LogP contribution in [0.5, 0.6) is 0 Å². The van der Waals surface area contributed by atoms with E-state index < -0.39 is 0 Å². The number of rotatable bonds is 5. The smallest absolute Gasteiger partial charge is 0.136 e. The van der Waals surface area contributed by atoms with Crippen LogP contribution in [0.4, 0.5) is 0 Å². The number of Topliss-reactive ketones (excluding diaryl/α,β-unsaturated/α-hetero) is 1. The maximum absolute atomic E-state index is 12.6. The van der Waals surface area contributed by atoms with Crippen LogP contribution in [0, 0.1) is 23.7 Å². The Balaban J connectivity index is 1.84. The van der Waals surface area contributed by atoms with Gasteiger partial charge < -0.3 is 5.32 Å². The first-order valence-corrected chi connectivity index (χ1v) is 8.45. The largest absolute Gasteiger partial charge is 0.316 e. The van der Waals surface area contributed by atoms with E-state index >= 15 is 0 Å².